The minimum absolute atomic E-state index is 0.980. The summed E-state index contributed by atoms with van der Waals surface area (Å²) in [6, 6.07) is 0. The van der Waals surface area contributed by atoms with E-state index in [-0.39, 0.29) is 0 Å². The first-order chi connectivity index (χ1) is 4.41. The Morgan fingerprint density at radius 2 is 1.33 bits per heavy atom. The molecule has 0 saturated heterocycles. The maximum absolute atomic E-state index is 2.97. The molecule has 9 heavy (non-hydrogen) atoms. The molecule has 0 heterocycles. The van der Waals surface area contributed by atoms with Gasteiger partial charge in [-0.25, -0.2) is 0 Å². The van der Waals surface area contributed by atoms with E-state index >= 15 is 0 Å². The Balaban J connectivity index is 3.04. The van der Waals surface area contributed by atoms with Crippen LogP contribution in [0.3, 0.4) is 0 Å². The Hall–Kier alpha value is 0.580. The maximum atomic E-state index is 2.97. The van der Waals surface area contributed by atoms with Crippen molar-refractivity contribution in [2.75, 3.05) is 0 Å². The zero-order valence-electron chi connectivity index (χ0n) is 4.88. The van der Waals surface area contributed by atoms with Crippen LogP contribution in [0.5, 0.6) is 0 Å². The highest BCUT2D eigenvalue weighted by molar-refractivity contribution is 14.1. The van der Waals surface area contributed by atoms with Crippen LogP contribution in [0.25, 0.3) is 0 Å². The largest absolute Gasteiger partial charge is 0.0918 e. The summed E-state index contributed by atoms with van der Waals surface area (Å²) in [6.07, 6.45) is 3.06. The number of halogens is 2. The lowest BCUT2D eigenvalue weighted by atomic mass is 10.2. The van der Waals surface area contributed by atoms with Gasteiger partial charge in [-0.2, -0.15) is 0 Å². The summed E-state index contributed by atoms with van der Waals surface area (Å²) < 4.78 is 5.63. The molecular weight excluding hydrogens is 338 g/mol. The smallest absolute Gasteiger partial charge is 0.0181 e. The van der Waals surface area contributed by atoms with Crippen molar-refractivity contribution in [3.8, 4) is 19.7 Å². The van der Waals surface area contributed by atoms with E-state index in [1.165, 1.54) is 0 Å². The predicted molar refractivity (Wildman–Crippen MR) is 57.4 cm³/mol. The van der Waals surface area contributed by atoms with Gasteiger partial charge in [-0.15, -0.1) is 0 Å². The summed E-state index contributed by atoms with van der Waals surface area (Å²) in [7, 11) is 0. The van der Waals surface area contributed by atoms with Gasteiger partial charge in [0, 0.05) is 58.0 Å². The molecule has 0 radical (unpaired) electrons. The highest BCUT2D eigenvalue weighted by Gasteiger charge is 1.76. The molecule has 0 fully saturated rings. The summed E-state index contributed by atoms with van der Waals surface area (Å²) in [4.78, 5) is 0. The van der Waals surface area contributed by atoms with E-state index in [4.69, 9.17) is 0 Å². The second kappa shape index (κ2) is 8.58. The first-order valence-corrected chi connectivity index (χ1v) is 4.74. The van der Waals surface area contributed by atoms with Crippen molar-refractivity contribution in [2.45, 2.75) is 19.3 Å². The quantitative estimate of drug-likeness (QED) is 0.411. The van der Waals surface area contributed by atoms with Crippen LogP contribution in [0.1, 0.15) is 19.3 Å². The van der Waals surface area contributed by atoms with E-state index in [0.717, 1.165) is 19.3 Å². The van der Waals surface area contributed by atoms with Crippen LogP contribution in [0.15, 0.2) is 0 Å². The van der Waals surface area contributed by atoms with Crippen molar-refractivity contribution in [3.05, 3.63) is 0 Å². The molecule has 0 saturated carbocycles. The minimum Gasteiger partial charge on any atom is -0.0918 e. The number of rotatable bonds is 2. The van der Waals surface area contributed by atoms with Gasteiger partial charge >= 0.3 is 0 Å². The summed E-state index contributed by atoms with van der Waals surface area (Å²) in [5, 5.41) is 0. The second-order valence-electron chi connectivity index (χ2n) is 1.40. The molecule has 0 rings (SSSR count). The molecule has 0 aliphatic rings. The molecule has 0 amide bonds. The van der Waals surface area contributed by atoms with Crippen molar-refractivity contribution in [1.82, 2.24) is 0 Å². The lowest BCUT2D eigenvalue weighted by Crippen LogP contribution is -1.67. The third kappa shape index (κ3) is 8.58. The van der Waals surface area contributed by atoms with Crippen LogP contribution in [0.4, 0.5) is 0 Å². The average Bonchev–Trinajstić information content (AvgIpc) is 1.89. The molecule has 48 valence electrons. The summed E-state index contributed by atoms with van der Waals surface area (Å²) in [6.45, 7) is 0. The fourth-order valence-electron chi connectivity index (χ4n) is 0.360. The molecule has 0 aliphatic carbocycles. The number of hydrogen-bond acceptors (Lipinski definition) is 0. The average molecular weight is 344 g/mol. The molecule has 0 aromatic rings. The Morgan fingerprint density at radius 1 is 0.889 bits per heavy atom. The minimum atomic E-state index is 0.980. The van der Waals surface area contributed by atoms with E-state index in [2.05, 4.69) is 19.7 Å². The highest BCUT2D eigenvalue weighted by atomic mass is 127. The fourth-order valence-corrected chi connectivity index (χ4v) is 0.899. The monoisotopic (exact) mass is 344 g/mol. The van der Waals surface area contributed by atoms with Crippen molar-refractivity contribution >= 4 is 45.2 Å². The number of hydrogen-bond donors (Lipinski definition) is 0. The fraction of sp³-hybridized carbons (Fsp3) is 0.429. The lowest BCUT2D eigenvalue weighted by Gasteiger charge is -1.81. The topological polar surface area (TPSA) is 0 Å². The van der Waals surface area contributed by atoms with Gasteiger partial charge in [0.15, 0.2) is 0 Å². The molecular formula is C7H6I2. The van der Waals surface area contributed by atoms with Crippen molar-refractivity contribution in [2.24, 2.45) is 0 Å². The van der Waals surface area contributed by atoms with Crippen LogP contribution in [0.2, 0.25) is 0 Å². The van der Waals surface area contributed by atoms with E-state index in [1.54, 1.807) is 0 Å². The van der Waals surface area contributed by atoms with Crippen molar-refractivity contribution < 1.29 is 0 Å². The van der Waals surface area contributed by atoms with Gasteiger partial charge in [0.05, 0.1) is 0 Å². The van der Waals surface area contributed by atoms with Crippen LogP contribution < -0.4 is 0 Å². The summed E-state index contributed by atoms with van der Waals surface area (Å²) in [5.74, 6) is 5.95. The first-order valence-electron chi connectivity index (χ1n) is 2.59. The molecule has 0 aromatic carbocycles. The van der Waals surface area contributed by atoms with Gasteiger partial charge in [0.1, 0.15) is 0 Å². The molecule has 0 atom stereocenters. The van der Waals surface area contributed by atoms with Crippen LogP contribution in [-0.4, -0.2) is 0 Å². The summed E-state index contributed by atoms with van der Waals surface area (Å²) in [5.41, 5.74) is 0. The Kier molecular flexibility index (Phi) is 9.13. The molecule has 0 nitrogen and oxygen atoms in total. The molecule has 0 aromatic heterocycles. The molecule has 0 aliphatic heterocycles. The molecule has 2 heteroatoms. The Labute approximate surface area is 83.5 Å². The normalized spacial score (nSPS) is 6.44. The Bertz CT molecular complexity index is 143. The maximum Gasteiger partial charge on any atom is 0.0181 e. The van der Waals surface area contributed by atoms with Gasteiger partial charge in [-0.1, -0.05) is 11.8 Å². The third-order valence-electron chi connectivity index (χ3n) is 0.737. The Morgan fingerprint density at radius 3 is 1.67 bits per heavy atom. The zero-order valence-corrected chi connectivity index (χ0v) is 9.19. The van der Waals surface area contributed by atoms with E-state index in [0.29, 0.717) is 0 Å². The van der Waals surface area contributed by atoms with Gasteiger partial charge in [0.25, 0.3) is 0 Å². The van der Waals surface area contributed by atoms with E-state index in [9.17, 15) is 0 Å². The first kappa shape index (κ1) is 9.58. The molecule has 0 unspecified atom stereocenters. The third-order valence-corrected chi connectivity index (χ3v) is 1.50. The summed E-state index contributed by atoms with van der Waals surface area (Å²) >= 11 is 4.10. The molecule has 0 bridgehead atoms. The number of unbranched alkanes of at least 4 members (excludes halogenated alkanes) is 2. The van der Waals surface area contributed by atoms with Crippen LogP contribution in [0, 0.1) is 19.7 Å². The van der Waals surface area contributed by atoms with E-state index < -0.39 is 0 Å². The van der Waals surface area contributed by atoms with Crippen molar-refractivity contribution in [1.29, 1.82) is 0 Å². The molecule has 0 N–H and O–H groups in total. The molecule has 0 spiro atoms. The standard InChI is InChI=1S/C7H6I2/c8-6-4-2-1-3-5-7-9/h1-3H2. The van der Waals surface area contributed by atoms with Gasteiger partial charge in [-0.05, 0) is 14.3 Å². The van der Waals surface area contributed by atoms with Gasteiger partial charge < -0.3 is 0 Å². The lowest BCUT2D eigenvalue weighted by molar-refractivity contribution is 0.905. The van der Waals surface area contributed by atoms with Crippen LogP contribution in [-0.2, 0) is 0 Å². The predicted octanol–water partition coefficient (Wildman–Crippen LogP) is 2.95. The van der Waals surface area contributed by atoms with Crippen molar-refractivity contribution in [3.63, 3.8) is 0 Å². The van der Waals surface area contributed by atoms with Gasteiger partial charge in [-0.3, -0.25) is 0 Å². The SMILES string of the molecule is IC#CCCCC#CI. The van der Waals surface area contributed by atoms with Crippen LogP contribution >= 0.6 is 45.2 Å². The second-order valence-corrected chi connectivity index (χ2v) is 2.47. The van der Waals surface area contributed by atoms with Gasteiger partial charge in [0.2, 0.25) is 0 Å². The highest BCUT2D eigenvalue weighted by Crippen LogP contribution is 1.92. The van der Waals surface area contributed by atoms with E-state index in [1.807, 2.05) is 45.2 Å². The zero-order chi connectivity index (χ0) is 6.95.